The van der Waals surface area contributed by atoms with Crippen molar-refractivity contribution in [1.82, 2.24) is 0 Å². The molecule has 0 aromatic carbocycles. The van der Waals surface area contributed by atoms with Gasteiger partial charge in [-0.2, -0.15) is 0 Å². The first-order valence-electron chi connectivity index (χ1n) is 5.69. The fraction of sp³-hybridized carbons (Fsp3) is 0.727. The lowest BCUT2D eigenvalue weighted by atomic mass is 9.92. The van der Waals surface area contributed by atoms with Crippen LogP contribution in [-0.4, -0.2) is 42.3 Å². The van der Waals surface area contributed by atoms with Gasteiger partial charge in [0, 0.05) is 13.3 Å². The topological polar surface area (TPSA) is 65.0 Å². The van der Waals surface area contributed by atoms with E-state index in [0.717, 1.165) is 0 Å². The second kappa shape index (κ2) is 3.84. The van der Waals surface area contributed by atoms with Crippen molar-refractivity contribution in [3.05, 3.63) is 11.6 Å². The van der Waals surface area contributed by atoms with Gasteiger partial charge in [-0.25, -0.2) is 4.79 Å². The molecule has 0 aromatic rings. The number of hydrogen-bond donors (Lipinski definition) is 1. The van der Waals surface area contributed by atoms with Gasteiger partial charge in [-0.1, -0.05) is 0 Å². The van der Waals surface area contributed by atoms with Crippen molar-refractivity contribution in [3.63, 3.8) is 0 Å². The number of rotatable bonds is 1. The van der Waals surface area contributed by atoms with E-state index in [9.17, 15) is 9.90 Å². The van der Waals surface area contributed by atoms with E-state index in [1.165, 1.54) is 13.2 Å². The number of ether oxygens (including phenoxy) is 3. The fourth-order valence-electron chi connectivity index (χ4n) is 1.98. The molecule has 1 saturated heterocycles. The molecular formula is C11H16O5. The van der Waals surface area contributed by atoms with Crippen LogP contribution < -0.4 is 0 Å². The van der Waals surface area contributed by atoms with Gasteiger partial charge in [0.2, 0.25) is 0 Å². The first kappa shape index (κ1) is 10.3. The molecule has 1 aliphatic heterocycles. The molecule has 0 amide bonds. The van der Waals surface area contributed by atoms with Gasteiger partial charge in [0.1, 0.15) is 12.2 Å². The number of methoxy groups -OCH3 is 1. The molecule has 1 N–H and O–H groups in total. The second-order valence-electron chi connectivity index (χ2n) is 4.34. The van der Waals surface area contributed by atoms with Crippen molar-refractivity contribution in [3.8, 4) is 0 Å². The maximum Gasteiger partial charge on any atom is 0.333 e. The third-order valence-corrected chi connectivity index (χ3v) is 2.62. The van der Waals surface area contributed by atoms with Crippen LogP contribution in [0.1, 0.15) is 21.6 Å². The van der Waals surface area contributed by atoms with Gasteiger partial charge in [-0.3, -0.25) is 0 Å². The lowest BCUT2D eigenvalue weighted by Crippen LogP contribution is -2.39. The summed E-state index contributed by atoms with van der Waals surface area (Å²) in [5, 5.41) is 9.95. The van der Waals surface area contributed by atoms with Gasteiger partial charge in [0.05, 0.1) is 13.2 Å². The zero-order valence-corrected chi connectivity index (χ0v) is 9.47. The number of carbonyl (C=O) groups excluding carboxylic acids is 1. The Bertz CT molecular complexity index is 365. The molecule has 0 unspecified atom stereocenters. The van der Waals surface area contributed by atoms with Gasteiger partial charge >= 0.3 is 5.97 Å². The van der Waals surface area contributed by atoms with Crippen LogP contribution in [0.4, 0.5) is 0 Å². The maximum absolute atomic E-state index is 11.5. The summed E-state index contributed by atoms with van der Waals surface area (Å²) < 4.78 is 23.4. The molecule has 2 rings (SSSR count). The van der Waals surface area contributed by atoms with E-state index in [1.807, 2.05) is 0 Å². The molecule has 0 aromatic heterocycles. The van der Waals surface area contributed by atoms with E-state index in [2.05, 4.69) is 4.74 Å². The Hall–Kier alpha value is -0.910. The Morgan fingerprint density at radius 2 is 2.38 bits per heavy atom. The third kappa shape index (κ3) is 1.98. The van der Waals surface area contributed by atoms with E-state index in [4.69, 9.17) is 10.8 Å². The Morgan fingerprint density at radius 3 is 3.00 bits per heavy atom. The molecule has 0 radical (unpaired) electrons. The summed E-state index contributed by atoms with van der Waals surface area (Å²) >= 11 is 0. The molecule has 5 heteroatoms. The molecular weight excluding hydrogens is 212 g/mol. The van der Waals surface area contributed by atoms with Crippen LogP contribution in [-0.2, 0) is 19.0 Å². The van der Waals surface area contributed by atoms with Crippen molar-refractivity contribution >= 4 is 5.97 Å². The highest BCUT2D eigenvalue weighted by molar-refractivity contribution is 5.88. The summed E-state index contributed by atoms with van der Waals surface area (Å²) in [7, 11) is 1.24. The summed E-state index contributed by atoms with van der Waals surface area (Å²) in [6, 6.07) is 0. The summed E-state index contributed by atoms with van der Waals surface area (Å²) in [6.45, 7) is 3.45. The summed E-state index contributed by atoms with van der Waals surface area (Å²) in [6.07, 6.45) is -1.78. The molecule has 5 nitrogen and oxygen atoms in total. The van der Waals surface area contributed by atoms with Crippen LogP contribution in [0.3, 0.4) is 0 Å². The van der Waals surface area contributed by atoms with Crippen molar-refractivity contribution < 1.29 is 25.5 Å². The smallest absolute Gasteiger partial charge is 0.333 e. The lowest BCUT2D eigenvalue weighted by molar-refractivity contribution is -0.152. The molecule has 2 aliphatic rings. The highest BCUT2D eigenvalue weighted by Crippen LogP contribution is 2.36. The molecule has 1 fully saturated rings. The second-order valence-corrected chi connectivity index (χ2v) is 4.34. The molecule has 1 heterocycles. The van der Waals surface area contributed by atoms with Crippen LogP contribution in [0.15, 0.2) is 11.6 Å². The quantitative estimate of drug-likeness (QED) is 0.658. The first-order chi connectivity index (χ1) is 7.85. The minimum atomic E-state index is -1.10. The van der Waals surface area contributed by atoms with Crippen LogP contribution in [0.25, 0.3) is 0 Å². The highest BCUT2D eigenvalue weighted by Gasteiger charge is 2.46. The number of hydrogen-bond acceptors (Lipinski definition) is 5. The standard InChI is InChI=1S/C11H16O5/c1-11(2)15-8-5-6(10(13)14-3)4-7(12)9(8)16-11/h5,7-9,12H,4H2,1-3H3/t7-,8-,9+/m1/s1/i4D/t4-,7-,8-,9+. The Labute approximate surface area is 95.4 Å². The number of fused-ring (bicyclic) bond motifs is 1. The molecule has 1 aliphatic carbocycles. The molecule has 90 valence electrons. The van der Waals surface area contributed by atoms with Crippen molar-refractivity contribution in [2.75, 3.05) is 7.11 Å². The highest BCUT2D eigenvalue weighted by atomic mass is 16.8. The Kier molecular flexibility index (Phi) is 2.46. The van der Waals surface area contributed by atoms with Crippen LogP contribution in [0.2, 0.25) is 0 Å². The number of aliphatic hydroxyl groups excluding tert-OH is 1. The number of aliphatic hydroxyl groups is 1. The SMILES string of the molecule is [2H][C@@H]1C(C(=O)OC)=C[C@H]2OC(C)(C)O[C@H]2[C@@H]1O. The Balaban J connectivity index is 2.30. The zero-order chi connectivity index (χ0) is 12.8. The Morgan fingerprint density at radius 1 is 1.69 bits per heavy atom. The summed E-state index contributed by atoms with van der Waals surface area (Å²) in [4.78, 5) is 11.5. The molecule has 0 saturated carbocycles. The monoisotopic (exact) mass is 229 g/mol. The molecule has 16 heavy (non-hydrogen) atoms. The molecule has 4 atom stereocenters. The third-order valence-electron chi connectivity index (χ3n) is 2.62. The average Bonchev–Trinajstić information content (AvgIpc) is 2.57. The van der Waals surface area contributed by atoms with Crippen molar-refractivity contribution in [2.45, 2.75) is 44.3 Å². The predicted octanol–water partition coefficient (Wildman–Crippen LogP) is 0.370. The minimum Gasteiger partial charge on any atom is -0.466 e. The summed E-state index contributed by atoms with van der Waals surface area (Å²) in [5.74, 6) is -1.44. The van der Waals surface area contributed by atoms with E-state index in [0.29, 0.717) is 0 Å². The lowest BCUT2D eigenvalue weighted by Gasteiger charge is -2.26. The van der Waals surface area contributed by atoms with E-state index in [-0.39, 0.29) is 5.57 Å². The number of carbonyl (C=O) groups is 1. The maximum atomic E-state index is 11.5. The van der Waals surface area contributed by atoms with Crippen molar-refractivity contribution in [1.29, 1.82) is 0 Å². The van der Waals surface area contributed by atoms with E-state index >= 15 is 0 Å². The van der Waals surface area contributed by atoms with Gasteiger partial charge < -0.3 is 19.3 Å². The van der Waals surface area contributed by atoms with Gasteiger partial charge in [-0.05, 0) is 19.9 Å². The summed E-state index contributed by atoms with van der Waals surface area (Å²) in [5.41, 5.74) is 0.113. The average molecular weight is 229 g/mol. The zero-order valence-electron chi connectivity index (χ0n) is 10.5. The van der Waals surface area contributed by atoms with Crippen molar-refractivity contribution in [2.24, 2.45) is 0 Å². The largest absolute Gasteiger partial charge is 0.466 e. The van der Waals surface area contributed by atoms with E-state index < -0.39 is 36.5 Å². The molecule has 0 spiro atoms. The predicted molar refractivity (Wildman–Crippen MR) is 54.5 cm³/mol. The first-order valence-corrected chi connectivity index (χ1v) is 5.12. The van der Waals surface area contributed by atoms with Gasteiger partial charge in [0.15, 0.2) is 5.79 Å². The van der Waals surface area contributed by atoms with Crippen LogP contribution in [0, 0.1) is 0 Å². The van der Waals surface area contributed by atoms with E-state index in [1.54, 1.807) is 13.8 Å². The van der Waals surface area contributed by atoms with Crippen LogP contribution >= 0.6 is 0 Å². The normalized spacial score (nSPS) is 42.0. The van der Waals surface area contributed by atoms with Gasteiger partial charge in [0.25, 0.3) is 0 Å². The number of esters is 1. The molecule has 0 bridgehead atoms. The minimum absolute atomic E-state index is 0.113. The van der Waals surface area contributed by atoms with Gasteiger partial charge in [-0.15, -0.1) is 0 Å². The van der Waals surface area contributed by atoms with Crippen LogP contribution in [0.5, 0.6) is 0 Å². The fourth-order valence-corrected chi connectivity index (χ4v) is 1.98.